The van der Waals surface area contributed by atoms with Gasteiger partial charge in [0, 0.05) is 39.6 Å². The number of rotatable bonds is 4. The molecule has 1 saturated carbocycles. The van der Waals surface area contributed by atoms with Crippen LogP contribution < -0.4 is 0 Å². The number of hydrogen-bond donors (Lipinski definition) is 0. The molecule has 0 amide bonds. The van der Waals surface area contributed by atoms with E-state index in [4.69, 9.17) is 65.4 Å². The fourth-order valence-corrected chi connectivity index (χ4v) is 7.29. The standard InChI is InChI=1S/C20H16Cl4O4/c1-25-17-9-7-5-6-8-10(9)18(26-2)19(27-3,20(17,18)28-4)12-11(17)13(21)15(23)16(24)14(12)22/h5-8H,1-4H3. The summed E-state index contributed by atoms with van der Waals surface area (Å²) in [6.45, 7) is 0. The van der Waals surface area contributed by atoms with E-state index in [2.05, 4.69) is 0 Å². The van der Waals surface area contributed by atoms with Crippen molar-refractivity contribution in [3.63, 3.8) is 0 Å². The van der Waals surface area contributed by atoms with E-state index in [1.54, 1.807) is 28.4 Å². The van der Waals surface area contributed by atoms with E-state index in [9.17, 15) is 0 Å². The Hall–Kier alpha value is -0.560. The molecule has 4 atom stereocenters. The van der Waals surface area contributed by atoms with Gasteiger partial charge in [0.1, 0.15) is 0 Å². The third-order valence-electron chi connectivity index (χ3n) is 6.80. The van der Waals surface area contributed by atoms with E-state index in [1.165, 1.54) is 0 Å². The molecule has 2 aromatic carbocycles. The number of benzene rings is 2. The largest absolute Gasteiger partial charge is 0.367 e. The van der Waals surface area contributed by atoms with Gasteiger partial charge in [-0.15, -0.1) is 0 Å². The highest BCUT2D eigenvalue weighted by atomic mass is 35.5. The molecule has 0 radical (unpaired) electrons. The van der Waals surface area contributed by atoms with E-state index in [0.717, 1.165) is 11.1 Å². The van der Waals surface area contributed by atoms with Crippen LogP contribution in [0.2, 0.25) is 20.1 Å². The second kappa shape index (κ2) is 5.57. The zero-order valence-corrected chi connectivity index (χ0v) is 18.5. The summed E-state index contributed by atoms with van der Waals surface area (Å²) in [7, 11) is 6.41. The summed E-state index contributed by atoms with van der Waals surface area (Å²) < 4.78 is 24.8. The van der Waals surface area contributed by atoms with E-state index >= 15 is 0 Å². The van der Waals surface area contributed by atoms with Crippen LogP contribution in [0.25, 0.3) is 0 Å². The fraction of sp³-hybridized carbons (Fsp3) is 0.400. The van der Waals surface area contributed by atoms with Crippen molar-refractivity contribution in [2.45, 2.75) is 22.4 Å². The number of ether oxygens (including phenoxy) is 4. The van der Waals surface area contributed by atoms with Crippen molar-refractivity contribution in [3.05, 3.63) is 66.6 Å². The van der Waals surface area contributed by atoms with Gasteiger partial charge in [0.2, 0.25) is 0 Å². The first-order valence-corrected chi connectivity index (χ1v) is 10.0. The van der Waals surface area contributed by atoms with Gasteiger partial charge in [0.25, 0.3) is 0 Å². The van der Waals surface area contributed by atoms with Gasteiger partial charge in [-0.1, -0.05) is 70.7 Å². The van der Waals surface area contributed by atoms with E-state index in [1.807, 2.05) is 24.3 Å². The van der Waals surface area contributed by atoms with Gasteiger partial charge in [0.05, 0.1) is 20.1 Å². The third-order valence-corrected chi connectivity index (χ3v) is 8.60. The molecule has 4 unspecified atom stereocenters. The van der Waals surface area contributed by atoms with Crippen molar-refractivity contribution in [1.29, 1.82) is 0 Å². The molecule has 28 heavy (non-hydrogen) atoms. The van der Waals surface area contributed by atoms with Gasteiger partial charge in [-0.2, -0.15) is 0 Å². The van der Waals surface area contributed by atoms with Crippen LogP contribution in [-0.4, -0.2) is 34.0 Å². The molecule has 2 aromatic rings. The molecule has 5 rings (SSSR count). The Morgan fingerprint density at radius 2 is 1.14 bits per heavy atom. The fourth-order valence-electron chi connectivity index (χ4n) is 6.17. The normalized spacial score (nSPS) is 36.3. The average molecular weight is 462 g/mol. The van der Waals surface area contributed by atoms with Crippen LogP contribution in [-0.2, 0) is 35.8 Å². The Morgan fingerprint density at radius 1 is 0.607 bits per heavy atom. The maximum absolute atomic E-state index is 6.75. The molecule has 1 fully saturated rings. The van der Waals surface area contributed by atoms with E-state index in [-0.39, 0.29) is 20.1 Å². The molecule has 0 saturated heterocycles. The van der Waals surface area contributed by atoms with Gasteiger partial charge in [-0.3, -0.25) is 0 Å². The van der Waals surface area contributed by atoms with Gasteiger partial charge in [0.15, 0.2) is 22.4 Å². The summed E-state index contributed by atoms with van der Waals surface area (Å²) in [6, 6.07) is 7.81. The molecule has 0 spiro atoms. The number of halogens is 4. The lowest BCUT2D eigenvalue weighted by Crippen LogP contribution is -2.45. The first kappa shape index (κ1) is 19.4. The molecule has 0 heterocycles. The highest BCUT2D eigenvalue weighted by molar-refractivity contribution is 6.52. The minimum absolute atomic E-state index is 0.156. The molecule has 3 aliphatic carbocycles. The molecule has 0 N–H and O–H groups in total. The van der Waals surface area contributed by atoms with Crippen LogP contribution in [0.15, 0.2) is 24.3 Å². The lowest BCUT2D eigenvalue weighted by Gasteiger charge is -2.36. The van der Waals surface area contributed by atoms with E-state index < -0.39 is 22.4 Å². The van der Waals surface area contributed by atoms with Crippen LogP contribution in [0.4, 0.5) is 0 Å². The second-order valence-electron chi connectivity index (χ2n) is 7.09. The highest BCUT2D eigenvalue weighted by Gasteiger charge is 3.06. The zero-order valence-electron chi connectivity index (χ0n) is 15.5. The van der Waals surface area contributed by atoms with E-state index in [0.29, 0.717) is 11.1 Å². The molecular formula is C20H16Cl4O4. The minimum atomic E-state index is -1.14. The smallest absolute Gasteiger partial charge is 0.178 e. The van der Waals surface area contributed by atoms with Crippen LogP contribution in [0.5, 0.6) is 0 Å². The highest BCUT2D eigenvalue weighted by Crippen LogP contribution is 2.91. The lowest BCUT2D eigenvalue weighted by molar-refractivity contribution is -0.149. The SMILES string of the molecule is COC12c3ccccc3C3(OC)C(OC)(c4c(Cl)c(Cl)c(Cl)c(Cl)c41)C23OC. The van der Waals surface area contributed by atoms with Crippen LogP contribution >= 0.6 is 46.4 Å². The van der Waals surface area contributed by atoms with Gasteiger partial charge < -0.3 is 18.9 Å². The van der Waals surface area contributed by atoms with Crippen LogP contribution in [0.3, 0.4) is 0 Å². The molecular weight excluding hydrogens is 446 g/mol. The summed E-state index contributed by atoms with van der Waals surface area (Å²) >= 11 is 26.4. The number of methoxy groups -OCH3 is 4. The van der Waals surface area contributed by atoms with Crippen molar-refractivity contribution < 1.29 is 18.9 Å². The Morgan fingerprint density at radius 3 is 1.64 bits per heavy atom. The summed E-state index contributed by atoms with van der Waals surface area (Å²) in [6.07, 6.45) is 0. The Labute approximate surface area is 182 Å². The van der Waals surface area contributed by atoms with Gasteiger partial charge in [-0.25, -0.2) is 0 Å². The number of hydrogen-bond acceptors (Lipinski definition) is 4. The molecule has 8 heteroatoms. The second-order valence-corrected chi connectivity index (χ2v) is 8.60. The molecule has 0 bridgehead atoms. The molecule has 4 nitrogen and oxygen atoms in total. The quantitative estimate of drug-likeness (QED) is 0.457. The first-order chi connectivity index (χ1) is 13.4. The Kier molecular flexibility index (Phi) is 3.86. The summed E-state index contributed by atoms with van der Waals surface area (Å²) in [5.41, 5.74) is -1.42. The maximum Gasteiger partial charge on any atom is 0.178 e. The maximum atomic E-state index is 6.75. The predicted octanol–water partition coefficient (Wildman–Crippen LogP) is 5.30. The lowest BCUT2D eigenvalue weighted by atomic mass is 9.85. The zero-order chi connectivity index (χ0) is 20.3. The summed E-state index contributed by atoms with van der Waals surface area (Å²) in [4.78, 5) is 0. The monoisotopic (exact) mass is 460 g/mol. The van der Waals surface area contributed by atoms with Crippen molar-refractivity contribution in [2.75, 3.05) is 28.4 Å². The van der Waals surface area contributed by atoms with Gasteiger partial charge in [-0.05, 0) is 11.1 Å². The molecule has 0 aromatic heterocycles. The minimum Gasteiger partial charge on any atom is -0.367 e. The first-order valence-electron chi connectivity index (χ1n) is 8.53. The van der Waals surface area contributed by atoms with Gasteiger partial charge >= 0.3 is 0 Å². The number of fused-ring (bicyclic) bond motifs is 7. The third kappa shape index (κ3) is 1.39. The van der Waals surface area contributed by atoms with Crippen LogP contribution in [0, 0.1) is 0 Å². The molecule has 3 aliphatic rings. The summed E-state index contributed by atoms with van der Waals surface area (Å²) in [5, 5.41) is 0.827. The molecule has 0 aliphatic heterocycles. The van der Waals surface area contributed by atoms with Crippen molar-refractivity contribution in [2.24, 2.45) is 0 Å². The Bertz CT molecular complexity index is 1060. The Balaban J connectivity index is 2.08. The molecule has 148 valence electrons. The van der Waals surface area contributed by atoms with Crippen LogP contribution in [0.1, 0.15) is 22.3 Å². The predicted molar refractivity (Wildman–Crippen MR) is 108 cm³/mol. The van der Waals surface area contributed by atoms with Crippen molar-refractivity contribution >= 4 is 46.4 Å². The summed E-state index contributed by atoms with van der Waals surface area (Å²) in [5.74, 6) is 0. The topological polar surface area (TPSA) is 36.9 Å². The average Bonchev–Trinajstić information content (AvgIpc) is 3.10. The van der Waals surface area contributed by atoms with Crippen molar-refractivity contribution in [3.8, 4) is 0 Å². The van der Waals surface area contributed by atoms with Crippen molar-refractivity contribution in [1.82, 2.24) is 0 Å².